The van der Waals surface area contributed by atoms with Crippen LogP contribution in [-0.2, 0) is 4.79 Å². The van der Waals surface area contributed by atoms with Gasteiger partial charge in [-0.05, 0) is 55.2 Å². The molecule has 2 fully saturated rings. The van der Waals surface area contributed by atoms with Crippen molar-refractivity contribution in [1.29, 1.82) is 0 Å². The lowest BCUT2D eigenvalue weighted by Crippen LogP contribution is -2.49. The Labute approximate surface area is 235 Å². The van der Waals surface area contributed by atoms with Crippen LogP contribution in [0.25, 0.3) is 28.0 Å². The highest BCUT2D eigenvalue weighted by molar-refractivity contribution is 6.33. The lowest BCUT2D eigenvalue weighted by molar-refractivity contribution is -0.127. The molecule has 2 atom stereocenters. The second-order valence-electron chi connectivity index (χ2n) is 10.6. The third-order valence-electron chi connectivity index (χ3n) is 7.83. The molecule has 2 aliphatic rings. The number of nitrogens with zero attached hydrogens (tertiary/aromatic N) is 6. The van der Waals surface area contributed by atoms with Crippen LogP contribution in [0.1, 0.15) is 37.4 Å². The van der Waals surface area contributed by atoms with E-state index in [0.29, 0.717) is 35.6 Å². The van der Waals surface area contributed by atoms with Gasteiger partial charge >= 0.3 is 5.69 Å². The van der Waals surface area contributed by atoms with E-state index in [1.807, 2.05) is 31.7 Å². The van der Waals surface area contributed by atoms with Crippen LogP contribution in [0.5, 0.6) is 0 Å². The van der Waals surface area contributed by atoms with Crippen LogP contribution in [0.2, 0.25) is 5.02 Å². The number of rotatable bonds is 5. The number of anilines is 1. The first kappa shape index (κ1) is 26.1. The first-order valence-corrected chi connectivity index (χ1v) is 13.6. The maximum absolute atomic E-state index is 14.9. The Hall–Kier alpha value is -4.11. The zero-order chi connectivity index (χ0) is 28.3. The standard InChI is InChI=1S/C30H28ClFN6O2/c1-5-24(39)36-14-19-12-18(36)15-37(19)28-21-13-22(31)26(20-8-6-7-9-23(20)32)34-29(21)38(30(40)35-28)27-17(4)10-11-33-25(27)16(2)3/h5-11,13,16,18-19H,1,12,14-15H2,2-4H3/t18-,19-/m0/s1. The first-order chi connectivity index (χ1) is 19.2. The van der Waals surface area contributed by atoms with Gasteiger partial charge in [0, 0.05) is 24.8 Å². The Morgan fingerprint density at radius 1 is 1.18 bits per heavy atom. The number of piperazine rings is 1. The van der Waals surface area contributed by atoms with E-state index in [0.717, 1.165) is 17.7 Å². The number of benzene rings is 1. The van der Waals surface area contributed by atoms with Crippen molar-refractivity contribution in [2.24, 2.45) is 0 Å². The minimum atomic E-state index is -0.517. The summed E-state index contributed by atoms with van der Waals surface area (Å²) in [5.41, 5.74) is 2.43. The third kappa shape index (κ3) is 4.07. The lowest BCUT2D eigenvalue weighted by Gasteiger charge is -2.35. The van der Waals surface area contributed by atoms with Gasteiger partial charge in [-0.3, -0.25) is 9.78 Å². The Morgan fingerprint density at radius 3 is 2.62 bits per heavy atom. The zero-order valence-corrected chi connectivity index (χ0v) is 23.2. The molecule has 204 valence electrons. The van der Waals surface area contributed by atoms with Crippen molar-refractivity contribution in [3.8, 4) is 16.9 Å². The molecule has 8 nitrogen and oxygen atoms in total. The van der Waals surface area contributed by atoms with Gasteiger partial charge in [0.15, 0.2) is 5.65 Å². The van der Waals surface area contributed by atoms with Crippen molar-refractivity contribution in [3.63, 3.8) is 0 Å². The Morgan fingerprint density at radius 2 is 1.95 bits per heavy atom. The molecular weight excluding hydrogens is 531 g/mol. The fourth-order valence-corrected chi connectivity index (χ4v) is 6.22. The fraction of sp³-hybridized carbons (Fsp3) is 0.300. The maximum atomic E-state index is 14.9. The number of likely N-dealkylation sites (tertiary alicyclic amines) is 1. The molecule has 1 aromatic carbocycles. The van der Waals surface area contributed by atoms with E-state index in [1.54, 1.807) is 30.5 Å². The number of pyridine rings is 2. The molecule has 0 N–H and O–H groups in total. The average Bonchev–Trinajstić information content (AvgIpc) is 3.54. The summed E-state index contributed by atoms with van der Waals surface area (Å²) >= 11 is 6.76. The van der Waals surface area contributed by atoms with Gasteiger partial charge in [0.05, 0.1) is 39.6 Å². The van der Waals surface area contributed by atoms with Gasteiger partial charge < -0.3 is 9.80 Å². The van der Waals surface area contributed by atoms with Crippen LogP contribution in [-0.4, -0.2) is 55.5 Å². The number of aromatic nitrogens is 4. The van der Waals surface area contributed by atoms with Crippen molar-refractivity contribution < 1.29 is 9.18 Å². The van der Waals surface area contributed by atoms with Crippen LogP contribution in [0.3, 0.4) is 0 Å². The van der Waals surface area contributed by atoms with Crippen LogP contribution in [0, 0.1) is 12.7 Å². The lowest BCUT2D eigenvalue weighted by atomic mass is 10.0. The topological polar surface area (TPSA) is 84.2 Å². The fourth-order valence-electron chi connectivity index (χ4n) is 5.97. The van der Waals surface area contributed by atoms with Gasteiger partial charge in [-0.15, -0.1) is 0 Å². The Balaban J connectivity index is 1.62. The molecule has 0 saturated carbocycles. The number of hydrogen-bond acceptors (Lipinski definition) is 6. The molecule has 3 aromatic heterocycles. The van der Waals surface area contributed by atoms with Crippen molar-refractivity contribution in [2.75, 3.05) is 18.0 Å². The molecule has 10 heteroatoms. The van der Waals surface area contributed by atoms with E-state index >= 15 is 0 Å². The number of carbonyl (C=O) groups excluding carboxylic acids is 1. The number of amides is 1. The molecule has 5 heterocycles. The minimum absolute atomic E-state index is 0.0102. The monoisotopic (exact) mass is 558 g/mol. The molecule has 6 rings (SSSR count). The third-order valence-corrected chi connectivity index (χ3v) is 8.11. The molecule has 0 aliphatic carbocycles. The summed E-state index contributed by atoms with van der Waals surface area (Å²) in [5.74, 6) is -0.106. The van der Waals surface area contributed by atoms with Crippen LogP contribution in [0.15, 0.2) is 60.0 Å². The van der Waals surface area contributed by atoms with E-state index in [9.17, 15) is 14.0 Å². The maximum Gasteiger partial charge on any atom is 0.355 e. The Bertz CT molecular complexity index is 1750. The van der Waals surface area contributed by atoms with Crippen molar-refractivity contribution in [3.05, 3.63) is 87.8 Å². The summed E-state index contributed by atoms with van der Waals surface area (Å²) in [6, 6.07) is 9.80. The number of hydrogen-bond donors (Lipinski definition) is 0. The second kappa shape index (κ2) is 9.82. The molecule has 1 amide bonds. The summed E-state index contributed by atoms with van der Waals surface area (Å²) in [6.07, 6.45) is 3.81. The van der Waals surface area contributed by atoms with Crippen LogP contribution >= 0.6 is 11.6 Å². The van der Waals surface area contributed by atoms with E-state index in [-0.39, 0.29) is 40.2 Å². The van der Waals surface area contributed by atoms with E-state index in [1.165, 1.54) is 16.7 Å². The number of aryl methyl sites for hydroxylation is 1. The molecule has 0 spiro atoms. The highest BCUT2D eigenvalue weighted by atomic mass is 35.5. The predicted molar refractivity (Wildman–Crippen MR) is 154 cm³/mol. The number of carbonyl (C=O) groups is 1. The van der Waals surface area contributed by atoms with Crippen LogP contribution < -0.4 is 10.6 Å². The van der Waals surface area contributed by atoms with Gasteiger partial charge in [-0.25, -0.2) is 18.7 Å². The average molecular weight is 559 g/mol. The summed E-state index contributed by atoms with van der Waals surface area (Å²) < 4.78 is 16.4. The predicted octanol–water partition coefficient (Wildman–Crippen LogP) is 5.04. The second-order valence-corrected chi connectivity index (χ2v) is 11.0. The summed E-state index contributed by atoms with van der Waals surface area (Å²) in [5, 5.41) is 0.808. The Kier molecular flexibility index (Phi) is 6.41. The molecule has 0 unspecified atom stereocenters. The molecule has 2 aliphatic heterocycles. The van der Waals surface area contributed by atoms with Crippen molar-refractivity contribution >= 4 is 34.4 Å². The van der Waals surface area contributed by atoms with Gasteiger partial charge in [-0.2, -0.15) is 4.98 Å². The summed E-state index contributed by atoms with van der Waals surface area (Å²) in [7, 11) is 0. The molecule has 2 bridgehead atoms. The molecule has 2 saturated heterocycles. The minimum Gasteiger partial charge on any atom is -0.349 e. The summed E-state index contributed by atoms with van der Waals surface area (Å²) in [4.78, 5) is 44.2. The highest BCUT2D eigenvalue weighted by Crippen LogP contribution is 2.39. The van der Waals surface area contributed by atoms with Gasteiger partial charge in [0.2, 0.25) is 5.91 Å². The highest BCUT2D eigenvalue weighted by Gasteiger charge is 2.46. The summed E-state index contributed by atoms with van der Waals surface area (Å²) in [6.45, 7) is 10.6. The molecule has 0 radical (unpaired) electrons. The van der Waals surface area contributed by atoms with E-state index < -0.39 is 11.5 Å². The molecular formula is C30H28ClFN6O2. The van der Waals surface area contributed by atoms with Crippen molar-refractivity contribution in [1.82, 2.24) is 24.4 Å². The quantitative estimate of drug-likeness (QED) is 0.319. The number of halogens is 2. The van der Waals surface area contributed by atoms with E-state index in [2.05, 4.69) is 21.4 Å². The smallest absolute Gasteiger partial charge is 0.349 e. The largest absolute Gasteiger partial charge is 0.355 e. The van der Waals surface area contributed by atoms with E-state index in [4.69, 9.17) is 16.6 Å². The van der Waals surface area contributed by atoms with Gasteiger partial charge in [0.25, 0.3) is 0 Å². The van der Waals surface area contributed by atoms with Crippen LogP contribution in [0.4, 0.5) is 10.2 Å². The normalized spacial score (nSPS) is 18.2. The number of fused-ring (bicyclic) bond motifs is 3. The van der Waals surface area contributed by atoms with Gasteiger partial charge in [-0.1, -0.05) is 44.2 Å². The van der Waals surface area contributed by atoms with Crippen molar-refractivity contribution in [2.45, 2.75) is 45.2 Å². The zero-order valence-electron chi connectivity index (χ0n) is 22.4. The first-order valence-electron chi connectivity index (χ1n) is 13.2. The molecule has 40 heavy (non-hydrogen) atoms. The molecule has 4 aromatic rings. The SMILES string of the molecule is C=CC(=O)N1C[C@@H]2C[C@H]1CN2c1nc(=O)n(-c2c(C)ccnc2C(C)C)c2nc(-c3ccccc3F)c(Cl)cc12. The van der Waals surface area contributed by atoms with Gasteiger partial charge in [0.1, 0.15) is 11.6 Å².